The number of carboxylic acid groups (broad SMARTS) is 1. The van der Waals surface area contributed by atoms with Gasteiger partial charge >= 0.3 is 5.97 Å². The van der Waals surface area contributed by atoms with Crippen molar-refractivity contribution in [3.63, 3.8) is 0 Å². The lowest BCUT2D eigenvalue weighted by molar-refractivity contribution is -0.142. The van der Waals surface area contributed by atoms with Crippen LogP contribution in [0, 0.1) is 17.3 Å². The number of carbonyl (C=O) groups is 2. The number of nitrogens with one attached hydrogen (secondary N) is 1. The Hall–Kier alpha value is -1.14. The fourth-order valence-corrected chi connectivity index (χ4v) is 2.26. The molecule has 0 aromatic rings. The van der Waals surface area contributed by atoms with Crippen molar-refractivity contribution >= 4 is 11.9 Å². The van der Waals surface area contributed by atoms with Gasteiger partial charge in [0.25, 0.3) is 0 Å². The van der Waals surface area contributed by atoms with E-state index in [9.17, 15) is 9.59 Å². The highest BCUT2D eigenvalue weighted by atomic mass is 16.5. The van der Waals surface area contributed by atoms with E-state index in [1.165, 1.54) is 0 Å². The Kier molecular flexibility index (Phi) is 5.31. The molecule has 6 nitrogen and oxygen atoms in total. The quantitative estimate of drug-likeness (QED) is 0.664. The van der Waals surface area contributed by atoms with E-state index in [1.54, 1.807) is 0 Å². The molecule has 0 bridgehead atoms. The zero-order valence-electron chi connectivity index (χ0n) is 11.8. The average molecular weight is 272 g/mol. The summed E-state index contributed by atoms with van der Waals surface area (Å²) in [5, 5.41) is 11.8. The van der Waals surface area contributed by atoms with E-state index >= 15 is 0 Å². The van der Waals surface area contributed by atoms with Crippen LogP contribution in [0.1, 0.15) is 27.2 Å². The fourth-order valence-electron chi connectivity index (χ4n) is 2.26. The smallest absolute Gasteiger partial charge is 0.311 e. The third kappa shape index (κ3) is 4.80. The van der Waals surface area contributed by atoms with Crippen LogP contribution in [0.15, 0.2) is 0 Å². The van der Waals surface area contributed by atoms with Crippen molar-refractivity contribution in [2.45, 2.75) is 33.2 Å². The molecule has 1 aliphatic rings. The maximum absolute atomic E-state index is 12.1. The molecule has 0 saturated carbocycles. The summed E-state index contributed by atoms with van der Waals surface area (Å²) < 4.78 is 5.12. The summed E-state index contributed by atoms with van der Waals surface area (Å²) in [7, 11) is 0. The molecule has 0 aromatic carbocycles. The topological polar surface area (TPSA) is 102 Å². The van der Waals surface area contributed by atoms with Gasteiger partial charge in [-0.1, -0.05) is 20.8 Å². The van der Waals surface area contributed by atoms with Gasteiger partial charge in [-0.05, 0) is 11.8 Å². The molecule has 0 radical (unpaired) electrons. The van der Waals surface area contributed by atoms with E-state index in [2.05, 4.69) is 5.32 Å². The summed E-state index contributed by atoms with van der Waals surface area (Å²) in [6.07, 6.45) is 0.667. The maximum atomic E-state index is 12.1. The molecule has 1 saturated heterocycles. The molecule has 19 heavy (non-hydrogen) atoms. The number of carbonyl (C=O) groups excluding carboxylic acids is 1. The van der Waals surface area contributed by atoms with Crippen LogP contribution in [0.25, 0.3) is 0 Å². The Bertz CT molecular complexity index is 338. The Morgan fingerprint density at radius 2 is 2.05 bits per heavy atom. The van der Waals surface area contributed by atoms with Crippen LogP contribution in [0.5, 0.6) is 0 Å². The summed E-state index contributed by atoms with van der Waals surface area (Å²) in [4.78, 5) is 23.1. The van der Waals surface area contributed by atoms with Crippen LogP contribution >= 0.6 is 0 Å². The molecule has 0 spiro atoms. The van der Waals surface area contributed by atoms with Gasteiger partial charge in [0.05, 0.1) is 25.2 Å². The number of ether oxygens (including phenoxy) is 1. The molecule has 0 aliphatic carbocycles. The van der Waals surface area contributed by atoms with Crippen molar-refractivity contribution in [2.24, 2.45) is 23.0 Å². The first-order chi connectivity index (χ1) is 8.74. The molecule has 6 heteroatoms. The van der Waals surface area contributed by atoms with Gasteiger partial charge in [-0.15, -0.1) is 0 Å². The first kappa shape index (κ1) is 15.9. The van der Waals surface area contributed by atoms with E-state index in [0.29, 0.717) is 6.42 Å². The highest BCUT2D eigenvalue weighted by Crippen LogP contribution is 2.24. The average Bonchev–Trinajstić information content (AvgIpc) is 2.72. The number of nitrogens with two attached hydrogens (primary N) is 1. The van der Waals surface area contributed by atoms with Gasteiger partial charge in [-0.2, -0.15) is 0 Å². The van der Waals surface area contributed by atoms with Crippen LogP contribution in [0.2, 0.25) is 0 Å². The molecular formula is C13H24N2O4. The highest BCUT2D eigenvalue weighted by Gasteiger charge is 2.36. The molecule has 110 valence electrons. The Morgan fingerprint density at radius 3 is 2.53 bits per heavy atom. The minimum Gasteiger partial charge on any atom is -0.481 e. The predicted molar refractivity (Wildman–Crippen MR) is 70.5 cm³/mol. The predicted octanol–water partition coefficient (Wildman–Crippen LogP) is 0.213. The monoisotopic (exact) mass is 272 g/mol. The Labute approximate surface area is 113 Å². The minimum atomic E-state index is -0.942. The van der Waals surface area contributed by atoms with Crippen molar-refractivity contribution in [1.82, 2.24) is 5.32 Å². The first-order valence-corrected chi connectivity index (χ1v) is 6.55. The minimum absolute atomic E-state index is 0.000246. The van der Waals surface area contributed by atoms with Crippen LogP contribution in [0.4, 0.5) is 0 Å². The largest absolute Gasteiger partial charge is 0.481 e. The third-order valence-electron chi connectivity index (χ3n) is 3.24. The normalized spacial score (nSPS) is 25.1. The zero-order chi connectivity index (χ0) is 14.6. The molecule has 4 N–H and O–H groups in total. The van der Waals surface area contributed by atoms with E-state index in [1.807, 2.05) is 20.8 Å². The van der Waals surface area contributed by atoms with E-state index < -0.39 is 17.9 Å². The van der Waals surface area contributed by atoms with Crippen molar-refractivity contribution in [3.05, 3.63) is 0 Å². The summed E-state index contributed by atoms with van der Waals surface area (Å²) in [5.41, 5.74) is 5.64. The molecule has 3 atom stereocenters. The number of hydrogen-bond donors (Lipinski definition) is 3. The van der Waals surface area contributed by atoms with Gasteiger partial charge in [0.1, 0.15) is 5.92 Å². The second-order valence-electron chi connectivity index (χ2n) is 6.29. The maximum Gasteiger partial charge on any atom is 0.311 e. The Morgan fingerprint density at radius 1 is 1.42 bits per heavy atom. The third-order valence-corrected chi connectivity index (χ3v) is 3.24. The fraction of sp³-hybridized carbons (Fsp3) is 0.846. The van der Waals surface area contributed by atoms with Crippen molar-refractivity contribution in [1.29, 1.82) is 0 Å². The Balaban J connectivity index is 2.59. The van der Waals surface area contributed by atoms with Crippen LogP contribution < -0.4 is 11.1 Å². The highest BCUT2D eigenvalue weighted by molar-refractivity contribution is 5.80. The number of carboxylic acids is 1. The van der Waals surface area contributed by atoms with Gasteiger partial charge in [0.15, 0.2) is 0 Å². The molecule has 1 heterocycles. The second-order valence-corrected chi connectivity index (χ2v) is 6.29. The lowest BCUT2D eigenvalue weighted by Crippen LogP contribution is -2.47. The van der Waals surface area contributed by atoms with E-state index in [-0.39, 0.29) is 37.0 Å². The number of rotatable bonds is 5. The second kappa shape index (κ2) is 6.34. The number of amides is 1. The zero-order valence-corrected chi connectivity index (χ0v) is 11.8. The van der Waals surface area contributed by atoms with Crippen molar-refractivity contribution < 1.29 is 19.4 Å². The van der Waals surface area contributed by atoms with Gasteiger partial charge < -0.3 is 20.9 Å². The number of hydrogen-bond acceptors (Lipinski definition) is 4. The molecule has 1 fully saturated rings. The summed E-state index contributed by atoms with van der Waals surface area (Å²) in [5.74, 6) is -2.09. The summed E-state index contributed by atoms with van der Waals surface area (Å²) >= 11 is 0. The van der Waals surface area contributed by atoms with Crippen molar-refractivity contribution in [3.8, 4) is 0 Å². The van der Waals surface area contributed by atoms with E-state index in [4.69, 9.17) is 15.6 Å². The molecule has 1 amide bonds. The molecular weight excluding hydrogens is 248 g/mol. The standard InChI is InChI=1S/C13H24N2O4/c1-13(2,3)4-8(5-14)11(16)15-10-7-19-6-9(10)12(17)18/h8-10H,4-7,14H2,1-3H3,(H,15,16)(H,17,18). The molecule has 1 rings (SSSR count). The van der Waals surface area contributed by atoms with Gasteiger partial charge in [0, 0.05) is 6.54 Å². The van der Waals surface area contributed by atoms with Crippen LogP contribution in [-0.4, -0.2) is 42.8 Å². The number of aliphatic carboxylic acids is 1. The van der Waals surface area contributed by atoms with Crippen LogP contribution in [0.3, 0.4) is 0 Å². The van der Waals surface area contributed by atoms with Crippen molar-refractivity contribution in [2.75, 3.05) is 19.8 Å². The molecule has 0 aromatic heterocycles. The van der Waals surface area contributed by atoms with Gasteiger partial charge in [0.2, 0.25) is 5.91 Å². The SMILES string of the molecule is CC(C)(C)CC(CN)C(=O)NC1COCC1C(=O)O. The summed E-state index contributed by atoms with van der Waals surface area (Å²) in [6.45, 7) is 6.78. The lowest BCUT2D eigenvalue weighted by Gasteiger charge is -2.26. The molecule has 1 aliphatic heterocycles. The van der Waals surface area contributed by atoms with E-state index in [0.717, 1.165) is 0 Å². The van der Waals surface area contributed by atoms with Gasteiger partial charge in [-0.3, -0.25) is 9.59 Å². The summed E-state index contributed by atoms with van der Waals surface area (Å²) in [6, 6.07) is -0.459. The van der Waals surface area contributed by atoms with Gasteiger partial charge in [-0.25, -0.2) is 0 Å². The lowest BCUT2D eigenvalue weighted by atomic mass is 9.84. The first-order valence-electron chi connectivity index (χ1n) is 6.55. The molecule has 3 unspecified atom stereocenters. The van der Waals surface area contributed by atoms with Crippen LogP contribution in [-0.2, 0) is 14.3 Å².